The second-order valence-corrected chi connectivity index (χ2v) is 8.49. The maximum Gasteiger partial charge on any atom is 0.311 e. The van der Waals surface area contributed by atoms with E-state index in [1.165, 1.54) is 17.7 Å². The molecule has 5 rings (SSSR count). The SMILES string of the molecule is COC(=O)[C@H]1[C@H](CO)[C@H]2Cn3c(ccc(-c4ccccc4F)c3=O)[C@@H]1N2C(=O)C1CC1. The number of hydrogen-bond donors (Lipinski definition) is 1. The van der Waals surface area contributed by atoms with Gasteiger partial charge >= 0.3 is 5.97 Å². The molecule has 2 aliphatic heterocycles. The molecule has 1 aromatic heterocycles. The number of ether oxygens (including phenoxy) is 1. The van der Waals surface area contributed by atoms with Crippen molar-refractivity contribution in [2.24, 2.45) is 17.8 Å². The van der Waals surface area contributed by atoms with E-state index >= 15 is 0 Å². The summed E-state index contributed by atoms with van der Waals surface area (Å²) in [4.78, 5) is 40.9. The Hall–Kier alpha value is -3.00. The number of halogens is 1. The number of pyridine rings is 1. The molecule has 2 bridgehead atoms. The van der Waals surface area contributed by atoms with Crippen molar-refractivity contribution in [1.29, 1.82) is 0 Å². The van der Waals surface area contributed by atoms with Gasteiger partial charge in [0.05, 0.1) is 30.7 Å². The van der Waals surface area contributed by atoms with Crippen molar-refractivity contribution in [2.75, 3.05) is 13.7 Å². The summed E-state index contributed by atoms with van der Waals surface area (Å²) in [6.45, 7) is -0.164. The lowest BCUT2D eigenvalue weighted by Gasteiger charge is -2.38. The number of rotatable bonds is 4. The molecule has 3 heterocycles. The molecule has 1 amide bonds. The van der Waals surface area contributed by atoms with Crippen LogP contribution in [0.25, 0.3) is 11.1 Å². The number of hydrogen-bond acceptors (Lipinski definition) is 5. The number of aliphatic hydroxyl groups excluding tert-OH is 1. The van der Waals surface area contributed by atoms with Crippen LogP contribution in [0, 0.1) is 23.6 Å². The number of fused-ring (bicyclic) bond motifs is 4. The van der Waals surface area contributed by atoms with Gasteiger partial charge in [-0.1, -0.05) is 18.2 Å². The molecule has 8 heteroatoms. The van der Waals surface area contributed by atoms with Gasteiger partial charge in [0.25, 0.3) is 5.56 Å². The Kier molecular flexibility index (Phi) is 4.69. The van der Waals surface area contributed by atoms with E-state index in [9.17, 15) is 23.9 Å². The fraction of sp³-hybridized carbons (Fsp3) is 0.435. The Bertz CT molecular complexity index is 1130. The van der Waals surface area contributed by atoms with E-state index in [1.54, 1.807) is 35.2 Å². The van der Waals surface area contributed by atoms with Crippen LogP contribution in [0.2, 0.25) is 0 Å². The van der Waals surface area contributed by atoms with Crippen LogP contribution in [-0.2, 0) is 20.9 Å². The van der Waals surface area contributed by atoms with E-state index in [-0.39, 0.29) is 41.7 Å². The van der Waals surface area contributed by atoms with E-state index in [0.717, 1.165) is 12.8 Å². The number of benzene rings is 1. The summed E-state index contributed by atoms with van der Waals surface area (Å²) in [6, 6.07) is 8.10. The zero-order valence-electron chi connectivity index (χ0n) is 17.0. The van der Waals surface area contributed by atoms with Gasteiger partial charge in [0.1, 0.15) is 5.82 Å². The minimum atomic E-state index is -0.768. The summed E-state index contributed by atoms with van der Waals surface area (Å²) in [5.74, 6) is -2.44. The van der Waals surface area contributed by atoms with Gasteiger partial charge in [0.15, 0.2) is 0 Å². The van der Waals surface area contributed by atoms with Gasteiger partial charge in [-0.25, -0.2) is 4.39 Å². The van der Waals surface area contributed by atoms with E-state index < -0.39 is 35.7 Å². The highest BCUT2D eigenvalue weighted by Gasteiger charge is 2.59. The monoisotopic (exact) mass is 426 g/mol. The summed E-state index contributed by atoms with van der Waals surface area (Å²) in [5.41, 5.74) is 0.563. The second-order valence-electron chi connectivity index (χ2n) is 8.49. The summed E-state index contributed by atoms with van der Waals surface area (Å²) < 4.78 is 20.9. The molecule has 1 saturated carbocycles. The maximum atomic E-state index is 14.4. The van der Waals surface area contributed by atoms with Gasteiger partial charge < -0.3 is 19.3 Å². The molecule has 0 radical (unpaired) electrons. The minimum absolute atomic E-state index is 0.0447. The summed E-state index contributed by atoms with van der Waals surface area (Å²) in [7, 11) is 1.28. The van der Waals surface area contributed by atoms with Gasteiger partial charge in [-0.15, -0.1) is 0 Å². The Labute approximate surface area is 178 Å². The Morgan fingerprint density at radius 1 is 1.16 bits per heavy atom. The molecule has 1 N–H and O–H groups in total. The molecule has 31 heavy (non-hydrogen) atoms. The van der Waals surface area contributed by atoms with E-state index in [1.807, 2.05) is 0 Å². The number of carbonyl (C=O) groups is 2. The van der Waals surface area contributed by atoms with E-state index in [4.69, 9.17) is 4.74 Å². The zero-order chi connectivity index (χ0) is 21.9. The predicted octanol–water partition coefficient (Wildman–Crippen LogP) is 1.73. The van der Waals surface area contributed by atoms with Crippen molar-refractivity contribution < 1.29 is 23.8 Å². The fourth-order valence-electron chi connectivity index (χ4n) is 5.24. The van der Waals surface area contributed by atoms with Crippen molar-refractivity contribution >= 4 is 11.9 Å². The van der Waals surface area contributed by atoms with E-state index in [2.05, 4.69) is 0 Å². The van der Waals surface area contributed by atoms with Gasteiger partial charge in [-0.3, -0.25) is 14.4 Å². The van der Waals surface area contributed by atoms with Crippen molar-refractivity contribution in [2.45, 2.75) is 31.5 Å². The number of aliphatic hydroxyl groups is 1. The molecule has 2 aromatic rings. The van der Waals surface area contributed by atoms with Crippen LogP contribution in [0.15, 0.2) is 41.2 Å². The summed E-state index contributed by atoms with van der Waals surface area (Å²) in [6.07, 6.45) is 1.61. The third kappa shape index (κ3) is 2.92. The number of esters is 1. The number of nitrogens with zero attached hydrogens (tertiary/aromatic N) is 2. The first kappa shape index (κ1) is 19.9. The zero-order valence-corrected chi connectivity index (χ0v) is 17.0. The first-order valence-corrected chi connectivity index (χ1v) is 10.5. The quantitative estimate of drug-likeness (QED) is 0.753. The van der Waals surface area contributed by atoms with Crippen LogP contribution in [0.5, 0.6) is 0 Å². The van der Waals surface area contributed by atoms with Crippen LogP contribution in [-0.4, -0.2) is 46.2 Å². The van der Waals surface area contributed by atoms with Crippen molar-refractivity contribution in [1.82, 2.24) is 9.47 Å². The largest absolute Gasteiger partial charge is 0.469 e. The lowest BCUT2D eigenvalue weighted by atomic mass is 9.87. The number of methoxy groups -OCH3 is 1. The van der Waals surface area contributed by atoms with Gasteiger partial charge in [-0.2, -0.15) is 0 Å². The molecule has 1 aromatic carbocycles. The van der Waals surface area contributed by atoms with Gasteiger partial charge in [0.2, 0.25) is 5.91 Å². The van der Waals surface area contributed by atoms with Crippen molar-refractivity contribution in [3.8, 4) is 11.1 Å². The number of aromatic nitrogens is 1. The van der Waals surface area contributed by atoms with Crippen LogP contribution < -0.4 is 5.56 Å². The standard InChI is InChI=1S/C23H23FN2O5/c1-31-23(30)19-15(11-27)18-10-25-17(20(19)26(18)21(28)12-6-7-12)9-8-14(22(25)29)13-4-2-3-5-16(13)24/h2-5,8-9,12,15,18-20,27H,6-7,10-11H2,1H3/t15-,18-,19+,20+/m1/s1. The van der Waals surface area contributed by atoms with Crippen LogP contribution >= 0.6 is 0 Å². The molecular weight excluding hydrogens is 403 g/mol. The Morgan fingerprint density at radius 2 is 1.90 bits per heavy atom. The molecule has 2 fully saturated rings. The predicted molar refractivity (Wildman–Crippen MR) is 108 cm³/mol. The summed E-state index contributed by atoms with van der Waals surface area (Å²) in [5, 5.41) is 10.1. The Balaban J connectivity index is 1.67. The third-order valence-corrected chi connectivity index (χ3v) is 6.86. The van der Waals surface area contributed by atoms with Gasteiger partial charge in [0, 0.05) is 36.2 Å². The number of carbonyl (C=O) groups excluding carboxylic acids is 2. The topological polar surface area (TPSA) is 88.8 Å². The molecular formula is C23H23FN2O5. The lowest BCUT2D eigenvalue weighted by Crippen LogP contribution is -2.49. The molecule has 3 aliphatic rings. The molecule has 0 unspecified atom stereocenters. The highest BCUT2D eigenvalue weighted by Crippen LogP contribution is 2.50. The number of amides is 1. The van der Waals surface area contributed by atoms with Crippen LogP contribution in [0.3, 0.4) is 0 Å². The highest BCUT2D eigenvalue weighted by molar-refractivity contribution is 5.85. The highest BCUT2D eigenvalue weighted by atomic mass is 19.1. The lowest BCUT2D eigenvalue weighted by molar-refractivity contribution is -0.148. The van der Waals surface area contributed by atoms with Crippen molar-refractivity contribution in [3.63, 3.8) is 0 Å². The third-order valence-electron chi connectivity index (χ3n) is 6.86. The maximum absolute atomic E-state index is 14.4. The molecule has 7 nitrogen and oxygen atoms in total. The first-order chi connectivity index (χ1) is 15.0. The molecule has 0 spiro atoms. The first-order valence-electron chi connectivity index (χ1n) is 10.5. The Morgan fingerprint density at radius 3 is 2.55 bits per heavy atom. The molecule has 4 atom stereocenters. The normalized spacial score (nSPS) is 26.5. The average molecular weight is 426 g/mol. The summed E-state index contributed by atoms with van der Waals surface area (Å²) >= 11 is 0. The fourth-order valence-corrected chi connectivity index (χ4v) is 5.24. The van der Waals surface area contributed by atoms with Crippen LogP contribution in [0.1, 0.15) is 24.6 Å². The van der Waals surface area contributed by atoms with Crippen molar-refractivity contribution in [3.05, 3.63) is 58.3 Å². The molecule has 162 valence electrons. The second kappa shape index (κ2) is 7.30. The average Bonchev–Trinajstić information content (AvgIpc) is 3.59. The molecule has 1 aliphatic carbocycles. The van der Waals surface area contributed by atoms with E-state index in [0.29, 0.717) is 5.69 Å². The molecule has 1 saturated heterocycles. The van der Waals surface area contributed by atoms with Crippen LogP contribution in [0.4, 0.5) is 4.39 Å². The minimum Gasteiger partial charge on any atom is -0.469 e. The van der Waals surface area contributed by atoms with Gasteiger partial charge in [-0.05, 0) is 31.0 Å². The smallest absolute Gasteiger partial charge is 0.311 e.